The molecule has 3 heterocycles. The molecule has 152 valence electrons. The van der Waals surface area contributed by atoms with Crippen molar-refractivity contribution in [1.82, 2.24) is 9.88 Å². The first kappa shape index (κ1) is 19.8. The zero-order chi connectivity index (χ0) is 20.4. The van der Waals surface area contributed by atoms with Crippen molar-refractivity contribution >= 4 is 23.6 Å². The smallest absolute Gasteiger partial charge is 0.353 e. The van der Waals surface area contributed by atoms with E-state index in [2.05, 4.69) is 19.8 Å². The standard InChI is InChI=1S/C21H20ClF3N4/c22-18-5-2-8-27-20(18)28-10-7-16-12-26-14-29(19(16)13-28)9-6-15-3-1-4-17(11-15)21(23,24)25/h1-5,8,11-12H,6-7,9-10,13-14H2. The first-order chi connectivity index (χ1) is 13.9. The zero-order valence-electron chi connectivity index (χ0n) is 15.7. The van der Waals surface area contributed by atoms with E-state index in [4.69, 9.17) is 11.6 Å². The van der Waals surface area contributed by atoms with E-state index in [-0.39, 0.29) is 0 Å². The first-order valence-corrected chi connectivity index (χ1v) is 9.78. The Hall–Kier alpha value is -2.54. The van der Waals surface area contributed by atoms with Crippen molar-refractivity contribution in [2.75, 3.05) is 31.2 Å². The molecule has 0 fully saturated rings. The third kappa shape index (κ3) is 4.40. The van der Waals surface area contributed by atoms with Gasteiger partial charge in [0.15, 0.2) is 0 Å². The molecule has 4 nitrogen and oxygen atoms in total. The number of benzene rings is 1. The van der Waals surface area contributed by atoms with Gasteiger partial charge in [-0.3, -0.25) is 4.99 Å². The molecule has 2 aromatic rings. The molecule has 0 unspecified atom stereocenters. The van der Waals surface area contributed by atoms with E-state index in [0.717, 1.165) is 30.5 Å². The van der Waals surface area contributed by atoms with Gasteiger partial charge in [0.25, 0.3) is 0 Å². The van der Waals surface area contributed by atoms with E-state index < -0.39 is 11.7 Å². The molecule has 29 heavy (non-hydrogen) atoms. The van der Waals surface area contributed by atoms with Gasteiger partial charge in [-0.2, -0.15) is 13.2 Å². The Kier molecular flexibility index (Phi) is 5.50. The summed E-state index contributed by atoms with van der Waals surface area (Å²) in [6, 6.07) is 9.14. The molecule has 0 spiro atoms. The molecule has 2 aliphatic heterocycles. The highest BCUT2D eigenvalue weighted by molar-refractivity contribution is 6.32. The van der Waals surface area contributed by atoms with Gasteiger partial charge in [-0.05, 0) is 42.2 Å². The topological polar surface area (TPSA) is 31.7 Å². The van der Waals surface area contributed by atoms with Gasteiger partial charge in [-0.1, -0.05) is 29.8 Å². The SMILES string of the molecule is FC(F)(F)c1cccc(CCN2CN=CC3=C2CN(c2ncccc2Cl)CC3)c1. The lowest BCUT2D eigenvalue weighted by Gasteiger charge is -2.38. The van der Waals surface area contributed by atoms with Gasteiger partial charge in [0.2, 0.25) is 0 Å². The Bertz CT molecular complexity index is 955. The Balaban J connectivity index is 1.48. The minimum atomic E-state index is -4.33. The lowest BCUT2D eigenvalue weighted by atomic mass is 10.0. The van der Waals surface area contributed by atoms with Crippen LogP contribution < -0.4 is 4.90 Å². The molecule has 2 aliphatic rings. The monoisotopic (exact) mass is 420 g/mol. The molecule has 1 aromatic heterocycles. The predicted molar refractivity (Wildman–Crippen MR) is 108 cm³/mol. The highest BCUT2D eigenvalue weighted by Crippen LogP contribution is 2.31. The van der Waals surface area contributed by atoms with Crippen LogP contribution in [0.5, 0.6) is 0 Å². The summed E-state index contributed by atoms with van der Waals surface area (Å²) in [6.07, 6.45) is 0.644. The summed E-state index contributed by atoms with van der Waals surface area (Å²) in [5.41, 5.74) is 2.36. The molecule has 0 saturated heterocycles. The summed E-state index contributed by atoms with van der Waals surface area (Å²) in [7, 11) is 0. The van der Waals surface area contributed by atoms with Crippen LogP contribution in [-0.2, 0) is 12.6 Å². The van der Waals surface area contributed by atoms with Crippen molar-refractivity contribution in [1.29, 1.82) is 0 Å². The number of hydrogen-bond acceptors (Lipinski definition) is 4. The Morgan fingerprint density at radius 2 is 2.00 bits per heavy atom. The number of anilines is 1. The summed E-state index contributed by atoms with van der Waals surface area (Å²) in [5, 5.41) is 0.608. The number of alkyl halides is 3. The average Bonchev–Trinajstić information content (AvgIpc) is 2.72. The van der Waals surface area contributed by atoms with E-state index in [1.54, 1.807) is 18.3 Å². The van der Waals surface area contributed by atoms with Crippen LogP contribution in [0.3, 0.4) is 0 Å². The fourth-order valence-electron chi connectivity index (χ4n) is 3.70. The van der Waals surface area contributed by atoms with Crippen molar-refractivity contribution in [3.8, 4) is 0 Å². The summed E-state index contributed by atoms with van der Waals surface area (Å²) in [6.45, 7) is 2.55. The van der Waals surface area contributed by atoms with Crippen molar-refractivity contribution in [3.05, 3.63) is 70.0 Å². The minimum absolute atomic E-state index is 0.502. The van der Waals surface area contributed by atoms with E-state index in [0.29, 0.717) is 36.8 Å². The average molecular weight is 421 g/mol. The van der Waals surface area contributed by atoms with Gasteiger partial charge in [0.1, 0.15) is 12.5 Å². The molecule has 0 amide bonds. The second-order valence-electron chi connectivity index (χ2n) is 7.12. The van der Waals surface area contributed by atoms with Crippen LogP contribution in [-0.4, -0.2) is 42.4 Å². The maximum absolute atomic E-state index is 13.0. The summed E-state index contributed by atoms with van der Waals surface area (Å²) < 4.78 is 38.9. The van der Waals surface area contributed by atoms with Crippen molar-refractivity contribution in [3.63, 3.8) is 0 Å². The zero-order valence-corrected chi connectivity index (χ0v) is 16.4. The van der Waals surface area contributed by atoms with Crippen LogP contribution in [0.4, 0.5) is 19.0 Å². The van der Waals surface area contributed by atoms with Gasteiger partial charge in [-0.15, -0.1) is 0 Å². The molecule has 0 radical (unpaired) electrons. The highest BCUT2D eigenvalue weighted by Gasteiger charge is 2.30. The largest absolute Gasteiger partial charge is 0.416 e. The van der Waals surface area contributed by atoms with Crippen molar-refractivity contribution in [2.45, 2.75) is 19.0 Å². The lowest BCUT2D eigenvalue weighted by molar-refractivity contribution is -0.137. The predicted octanol–water partition coefficient (Wildman–Crippen LogP) is 4.80. The van der Waals surface area contributed by atoms with Gasteiger partial charge in [0, 0.05) is 31.2 Å². The molecular formula is C21H20ClF3N4. The number of hydrogen-bond donors (Lipinski definition) is 0. The maximum atomic E-state index is 13.0. The van der Waals surface area contributed by atoms with Gasteiger partial charge in [0.05, 0.1) is 17.1 Å². The Labute approximate surface area is 172 Å². The normalized spacial score (nSPS) is 17.0. The van der Waals surface area contributed by atoms with E-state index >= 15 is 0 Å². The minimum Gasteiger partial charge on any atom is -0.353 e. The molecular weight excluding hydrogens is 401 g/mol. The Morgan fingerprint density at radius 3 is 2.79 bits per heavy atom. The molecule has 1 aromatic carbocycles. The molecule has 0 saturated carbocycles. The molecule has 8 heteroatoms. The van der Waals surface area contributed by atoms with E-state index in [1.807, 2.05) is 12.3 Å². The highest BCUT2D eigenvalue weighted by atomic mass is 35.5. The van der Waals surface area contributed by atoms with Crippen molar-refractivity contribution in [2.24, 2.45) is 4.99 Å². The third-order valence-corrected chi connectivity index (χ3v) is 5.50. The molecule has 4 rings (SSSR count). The molecule has 0 atom stereocenters. The van der Waals surface area contributed by atoms with Crippen LogP contribution in [0.25, 0.3) is 0 Å². The van der Waals surface area contributed by atoms with Crippen molar-refractivity contribution < 1.29 is 13.2 Å². The molecule has 0 bridgehead atoms. The Morgan fingerprint density at radius 1 is 1.14 bits per heavy atom. The maximum Gasteiger partial charge on any atom is 0.416 e. The summed E-state index contributed by atoms with van der Waals surface area (Å²) in [5.74, 6) is 0.751. The molecule has 0 N–H and O–H groups in total. The van der Waals surface area contributed by atoms with Gasteiger partial charge >= 0.3 is 6.18 Å². The first-order valence-electron chi connectivity index (χ1n) is 9.40. The van der Waals surface area contributed by atoms with Crippen LogP contribution in [0.15, 0.2) is 58.9 Å². The van der Waals surface area contributed by atoms with Crippen LogP contribution >= 0.6 is 11.6 Å². The molecule has 0 aliphatic carbocycles. The van der Waals surface area contributed by atoms with Gasteiger partial charge in [-0.25, -0.2) is 4.98 Å². The van der Waals surface area contributed by atoms with Crippen LogP contribution in [0, 0.1) is 0 Å². The number of pyridine rings is 1. The lowest BCUT2D eigenvalue weighted by Crippen LogP contribution is -2.41. The summed E-state index contributed by atoms with van der Waals surface area (Å²) in [4.78, 5) is 13.1. The summed E-state index contributed by atoms with van der Waals surface area (Å²) >= 11 is 6.31. The van der Waals surface area contributed by atoms with Crippen LogP contribution in [0.1, 0.15) is 17.5 Å². The quantitative estimate of drug-likeness (QED) is 0.711. The number of aromatic nitrogens is 1. The second kappa shape index (κ2) is 8.06. The van der Waals surface area contributed by atoms with Crippen LogP contribution in [0.2, 0.25) is 5.02 Å². The number of nitrogens with zero attached hydrogens (tertiary/aromatic N) is 4. The number of rotatable bonds is 4. The second-order valence-corrected chi connectivity index (χ2v) is 7.52. The number of halogens is 4. The van der Waals surface area contributed by atoms with Gasteiger partial charge < -0.3 is 9.80 Å². The fraction of sp³-hybridized carbons (Fsp3) is 0.333. The number of aliphatic imine (C=N–C) groups is 1. The van der Waals surface area contributed by atoms with E-state index in [9.17, 15) is 13.2 Å². The van der Waals surface area contributed by atoms with E-state index in [1.165, 1.54) is 17.7 Å². The fourth-order valence-corrected chi connectivity index (χ4v) is 3.94. The third-order valence-electron chi connectivity index (χ3n) is 5.21.